The first kappa shape index (κ1) is 15.4. The summed E-state index contributed by atoms with van der Waals surface area (Å²) in [6.45, 7) is 8.31. The Kier molecular flexibility index (Phi) is 3.50. The molecule has 22 heavy (non-hydrogen) atoms. The van der Waals surface area contributed by atoms with Crippen molar-refractivity contribution in [3.63, 3.8) is 0 Å². The molecule has 1 aliphatic carbocycles. The van der Waals surface area contributed by atoms with E-state index in [-0.39, 0.29) is 18.3 Å². The van der Waals surface area contributed by atoms with Gasteiger partial charge in [-0.15, -0.1) is 0 Å². The molecular weight excluding hydrogens is 277 g/mol. The van der Waals surface area contributed by atoms with Crippen molar-refractivity contribution in [3.8, 4) is 11.8 Å². The van der Waals surface area contributed by atoms with Crippen LogP contribution in [0.2, 0.25) is 5.82 Å². The van der Waals surface area contributed by atoms with Gasteiger partial charge >= 0.3 is 7.12 Å². The number of nitrogens with zero attached hydrogens (tertiary/aromatic N) is 1. The zero-order valence-corrected chi connectivity index (χ0v) is 13.8. The van der Waals surface area contributed by atoms with Crippen molar-refractivity contribution in [1.29, 1.82) is 5.26 Å². The van der Waals surface area contributed by atoms with E-state index in [1.807, 2.05) is 18.2 Å². The highest BCUT2D eigenvalue weighted by atomic mass is 16.7. The molecule has 0 radical (unpaired) electrons. The van der Waals surface area contributed by atoms with E-state index in [9.17, 15) is 0 Å². The molecule has 1 aliphatic heterocycles. The minimum Gasteiger partial charge on any atom is -0.495 e. The number of benzene rings is 1. The Labute approximate surface area is 132 Å². The monoisotopic (exact) mass is 299 g/mol. The molecule has 3 rings (SSSR count). The number of hydrogen-bond acceptors (Lipinski definition) is 4. The van der Waals surface area contributed by atoms with Crippen LogP contribution in [0, 0.1) is 11.3 Å². The molecule has 0 amide bonds. The topological polar surface area (TPSA) is 51.5 Å². The number of hydrogen-bond donors (Lipinski definition) is 0. The fourth-order valence-corrected chi connectivity index (χ4v) is 2.99. The summed E-state index contributed by atoms with van der Waals surface area (Å²) in [5.41, 5.74) is 1.19. The summed E-state index contributed by atoms with van der Waals surface area (Å²) in [6.07, 6.45) is 1.05. The minimum absolute atomic E-state index is 0.156. The van der Waals surface area contributed by atoms with Crippen LogP contribution < -0.4 is 4.74 Å². The highest BCUT2D eigenvalue weighted by Crippen LogP contribution is 2.58. The van der Waals surface area contributed by atoms with E-state index in [1.165, 1.54) is 5.56 Å². The normalized spacial score (nSPS) is 28.3. The van der Waals surface area contributed by atoms with Crippen LogP contribution in [0.5, 0.6) is 5.75 Å². The first-order valence-electron chi connectivity index (χ1n) is 7.73. The van der Waals surface area contributed by atoms with Gasteiger partial charge in [0.2, 0.25) is 0 Å². The molecule has 0 spiro atoms. The van der Waals surface area contributed by atoms with Crippen LogP contribution in [0.25, 0.3) is 0 Å². The maximum Gasteiger partial charge on any atom is 0.461 e. The third-order valence-corrected chi connectivity index (χ3v) is 5.24. The zero-order chi connectivity index (χ0) is 16.1. The predicted molar refractivity (Wildman–Crippen MR) is 84.9 cm³/mol. The number of rotatable bonds is 3. The fraction of sp³-hybridized carbons (Fsp3) is 0.588. The van der Waals surface area contributed by atoms with Gasteiger partial charge in [0, 0.05) is 5.82 Å². The zero-order valence-electron chi connectivity index (χ0n) is 13.8. The second-order valence-electron chi connectivity index (χ2n) is 7.20. The maximum atomic E-state index is 9.06. The standard InChI is InChI=1S/C17H22BNO3/c1-16(2)17(3,4)22-18(21-16)14-9-13(14)11-6-7-12(10-19)15(8-11)20-5/h6-8,13-14H,9H2,1-5H3/t13-,14+/m1/s1. The van der Waals surface area contributed by atoms with Crippen molar-refractivity contribution in [3.05, 3.63) is 29.3 Å². The van der Waals surface area contributed by atoms with Gasteiger partial charge in [-0.2, -0.15) is 5.26 Å². The first-order chi connectivity index (χ1) is 10.3. The van der Waals surface area contributed by atoms with Crippen LogP contribution in [0.1, 0.15) is 51.2 Å². The van der Waals surface area contributed by atoms with Crippen molar-refractivity contribution in [2.75, 3.05) is 7.11 Å². The molecule has 0 N–H and O–H groups in total. The number of nitriles is 1. The third-order valence-electron chi connectivity index (χ3n) is 5.24. The minimum atomic E-state index is -0.285. The lowest BCUT2D eigenvalue weighted by molar-refractivity contribution is 0.00578. The lowest BCUT2D eigenvalue weighted by Gasteiger charge is -2.32. The molecule has 4 nitrogen and oxygen atoms in total. The highest BCUT2D eigenvalue weighted by Gasteiger charge is 2.59. The van der Waals surface area contributed by atoms with Gasteiger partial charge in [0.1, 0.15) is 11.8 Å². The highest BCUT2D eigenvalue weighted by molar-refractivity contribution is 6.49. The van der Waals surface area contributed by atoms with E-state index < -0.39 is 0 Å². The Morgan fingerprint density at radius 1 is 1.23 bits per heavy atom. The van der Waals surface area contributed by atoms with Crippen molar-refractivity contribution < 1.29 is 14.0 Å². The molecule has 1 aromatic carbocycles. The Morgan fingerprint density at radius 3 is 2.41 bits per heavy atom. The Morgan fingerprint density at radius 2 is 1.86 bits per heavy atom. The Bertz CT molecular complexity index is 619. The Hall–Kier alpha value is -1.51. The molecule has 0 bridgehead atoms. The molecule has 1 saturated heterocycles. The van der Waals surface area contributed by atoms with Gasteiger partial charge in [-0.3, -0.25) is 0 Å². The van der Waals surface area contributed by atoms with Crippen LogP contribution in [0.4, 0.5) is 0 Å². The lowest BCUT2D eigenvalue weighted by Crippen LogP contribution is -2.41. The molecule has 5 heteroatoms. The maximum absolute atomic E-state index is 9.06. The van der Waals surface area contributed by atoms with E-state index in [4.69, 9.17) is 19.3 Å². The predicted octanol–water partition coefficient (Wildman–Crippen LogP) is 3.52. The van der Waals surface area contributed by atoms with Gasteiger partial charge in [0.05, 0.1) is 23.9 Å². The summed E-state index contributed by atoms with van der Waals surface area (Å²) in [5.74, 6) is 1.43. The molecule has 0 aromatic heterocycles. The van der Waals surface area contributed by atoms with E-state index in [0.717, 1.165) is 6.42 Å². The average Bonchev–Trinajstić information content (AvgIpc) is 3.21. The molecule has 0 unspecified atom stereocenters. The van der Waals surface area contributed by atoms with Crippen LogP contribution in [-0.4, -0.2) is 25.4 Å². The molecule has 1 aromatic rings. The summed E-state index contributed by atoms with van der Waals surface area (Å²) in [6, 6.07) is 7.95. The molecule has 2 fully saturated rings. The Balaban J connectivity index is 1.75. The second-order valence-corrected chi connectivity index (χ2v) is 7.20. The van der Waals surface area contributed by atoms with E-state index in [1.54, 1.807) is 7.11 Å². The van der Waals surface area contributed by atoms with Crippen molar-refractivity contribution in [1.82, 2.24) is 0 Å². The second kappa shape index (κ2) is 5.01. The summed E-state index contributed by atoms with van der Waals surface area (Å²) in [7, 11) is 1.44. The first-order valence-corrected chi connectivity index (χ1v) is 7.73. The number of ether oxygens (including phenoxy) is 1. The largest absolute Gasteiger partial charge is 0.495 e. The molecule has 2 atom stereocenters. The summed E-state index contributed by atoms with van der Waals surface area (Å²) < 4.78 is 17.6. The van der Waals surface area contributed by atoms with Crippen LogP contribution in [0.15, 0.2) is 18.2 Å². The van der Waals surface area contributed by atoms with Crippen LogP contribution in [0.3, 0.4) is 0 Å². The SMILES string of the molecule is COc1cc([C@H]2C[C@@H]2B2OC(C)(C)C(C)(C)O2)ccc1C#N. The summed E-state index contributed by atoms with van der Waals surface area (Å²) >= 11 is 0. The third kappa shape index (κ3) is 2.41. The van der Waals surface area contributed by atoms with Crippen molar-refractivity contribution >= 4 is 7.12 Å². The van der Waals surface area contributed by atoms with Crippen LogP contribution in [-0.2, 0) is 9.31 Å². The molecule has 1 heterocycles. The van der Waals surface area contributed by atoms with Gasteiger partial charge < -0.3 is 14.0 Å². The van der Waals surface area contributed by atoms with Gasteiger partial charge in [-0.1, -0.05) is 6.07 Å². The molecule has 2 aliphatic rings. The smallest absolute Gasteiger partial charge is 0.461 e. The molecular formula is C17H22BNO3. The fourth-order valence-electron chi connectivity index (χ4n) is 2.99. The number of methoxy groups -OCH3 is 1. The quantitative estimate of drug-likeness (QED) is 0.801. The van der Waals surface area contributed by atoms with Crippen LogP contribution >= 0.6 is 0 Å². The average molecular weight is 299 g/mol. The van der Waals surface area contributed by atoms with E-state index >= 15 is 0 Å². The van der Waals surface area contributed by atoms with Gasteiger partial charge in [0.15, 0.2) is 0 Å². The summed E-state index contributed by atoms with van der Waals surface area (Å²) in [5, 5.41) is 9.06. The summed E-state index contributed by atoms with van der Waals surface area (Å²) in [4.78, 5) is 0. The van der Waals surface area contributed by atoms with Gasteiger partial charge in [0.25, 0.3) is 0 Å². The molecule has 116 valence electrons. The van der Waals surface area contributed by atoms with Crippen molar-refractivity contribution in [2.24, 2.45) is 0 Å². The van der Waals surface area contributed by atoms with Crippen molar-refractivity contribution in [2.45, 2.75) is 57.1 Å². The van der Waals surface area contributed by atoms with Gasteiger partial charge in [-0.25, -0.2) is 0 Å². The van der Waals surface area contributed by atoms with Gasteiger partial charge in [-0.05, 0) is 57.7 Å². The van der Waals surface area contributed by atoms with E-state index in [2.05, 4.69) is 33.8 Å². The molecule has 1 saturated carbocycles. The lowest BCUT2D eigenvalue weighted by atomic mass is 9.79. The van der Waals surface area contributed by atoms with E-state index in [0.29, 0.717) is 23.0 Å².